The molecule has 6 nitrogen and oxygen atoms in total. The third kappa shape index (κ3) is 4.63. The third-order valence-electron chi connectivity index (χ3n) is 3.95. The molecule has 2 aliphatic rings. The van der Waals surface area contributed by atoms with E-state index in [1.54, 1.807) is 7.05 Å². The first kappa shape index (κ1) is 18.1. The van der Waals surface area contributed by atoms with E-state index < -0.39 is 0 Å². The number of guanidine groups is 1. The van der Waals surface area contributed by atoms with Crippen LogP contribution in [0.25, 0.3) is 0 Å². The summed E-state index contributed by atoms with van der Waals surface area (Å²) in [4.78, 5) is 4.25. The Bertz CT molecular complexity index is 562. The molecule has 0 atom stereocenters. The van der Waals surface area contributed by atoms with Gasteiger partial charge in [-0.1, -0.05) is 13.0 Å². The van der Waals surface area contributed by atoms with E-state index in [2.05, 4.69) is 28.6 Å². The molecule has 1 aromatic carbocycles. The molecule has 0 saturated carbocycles. The van der Waals surface area contributed by atoms with E-state index in [9.17, 15) is 0 Å². The number of nitrogens with one attached hydrogen (secondary N) is 2. The topological polar surface area (TPSA) is 64.1 Å². The number of benzene rings is 1. The summed E-state index contributed by atoms with van der Waals surface area (Å²) in [5.74, 6) is 2.48. The van der Waals surface area contributed by atoms with Crippen molar-refractivity contribution >= 4 is 29.9 Å². The molecule has 0 spiro atoms. The molecule has 0 radical (unpaired) electrons. The van der Waals surface area contributed by atoms with Crippen molar-refractivity contribution in [2.75, 3.05) is 40.1 Å². The Morgan fingerprint density at radius 1 is 1.22 bits per heavy atom. The van der Waals surface area contributed by atoms with Crippen LogP contribution in [0.3, 0.4) is 0 Å². The third-order valence-corrected chi connectivity index (χ3v) is 3.95. The van der Waals surface area contributed by atoms with Gasteiger partial charge in [0.05, 0.1) is 13.2 Å². The fraction of sp³-hybridized carbons (Fsp3) is 0.562. The van der Waals surface area contributed by atoms with Crippen LogP contribution in [0.4, 0.5) is 0 Å². The van der Waals surface area contributed by atoms with Gasteiger partial charge in [-0.25, -0.2) is 0 Å². The van der Waals surface area contributed by atoms with Gasteiger partial charge in [-0.15, -0.1) is 24.0 Å². The first-order chi connectivity index (χ1) is 10.7. The number of ether oxygens (including phenoxy) is 3. The molecule has 128 valence electrons. The van der Waals surface area contributed by atoms with Gasteiger partial charge in [0.2, 0.25) is 6.79 Å². The Morgan fingerprint density at radius 2 is 2.00 bits per heavy atom. The number of rotatable bonds is 5. The number of hydrogen-bond acceptors (Lipinski definition) is 4. The largest absolute Gasteiger partial charge is 0.454 e. The van der Waals surface area contributed by atoms with E-state index in [1.165, 1.54) is 5.56 Å². The quantitative estimate of drug-likeness (QED) is 0.421. The Morgan fingerprint density at radius 3 is 2.70 bits per heavy atom. The van der Waals surface area contributed by atoms with Crippen LogP contribution >= 0.6 is 24.0 Å². The zero-order valence-corrected chi connectivity index (χ0v) is 15.9. The van der Waals surface area contributed by atoms with Crippen LogP contribution in [-0.4, -0.2) is 46.1 Å². The lowest BCUT2D eigenvalue weighted by molar-refractivity contribution is -0.0971. The van der Waals surface area contributed by atoms with Crippen molar-refractivity contribution in [3.8, 4) is 11.5 Å². The predicted molar refractivity (Wildman–Crippen MR) is 100.0 cm³/mol. The molecule has 0 bridgehead atoms. The minimum absolute atomic E-state index is 0. The van der Waals surface area contributed by atoms with Crippen molar-refractivity contribution in [2.24, 2.45) is 10.4 Å². The molecule has 3 rings (SSSR count). The number of halogens is 1. The second-order valence-electron chi connectivity index (χ2n) is 6.09. The van der Waals surface area contributed by atoms with E-state index in [-0.39, 0.29) is 29.4 Å². The summed E-state index contributed by atoms with van der Waals surface area (Å²) in [5, 5.41) is 6.69. The summed E-state index contributed by atoms with van der Waals surface area (Å²) in [6.45, 7) is 5.84. The Balaban J connectivity index is 0.00000192. The van der Waals surface area contributed by atoms with Gasteiger partial charge in [0.25, 0.3) is 0 Å². The maximum Gasteiger partial charge on any atom is 0.231 e. The van der Waals surface area contributed by atoms with Crippen molar-refractivity contribution < 1.29 is 14.2 Å². The van der Waals surface area contributed by atoms with Crippen molar-refractivity contribution in [3.05, 3.63) is 23.8 Å². The molecule has 1 fully saturated rings. The number of aliphatic imine (C=N–C) groups is 1. The monoisotopic (exact) mass is 433 g/mol. The Hall–Kier alpha value is -1.22. The minimum Gasteiger partial charge on any atom is -0.454 e. The first-order valence-corrected chi connectivity index (χ1v) is 7.59. The van der Waals surface area contributed by atoms with Crippen molar-refractivity contribution in [1.82, 2.24) is 10.6 Å². The van der Waals surface area contributed by atoms with Crippen molar-refractivity contribution in [1.29, 1.82) is 0 Å². The van der Waals surface area contributed by atoms with Crippen molar-refractivity contribution in [3.63, 3.8) is 0 Å². The molecule has 2 aliphatic heterocycles. The van der Waals surface area contributed by atoms with Gasteiger partial charge in [-0.3, -0.25) is 4.99 Å². The summed E-state index contributed by atoms with van der Waals surface area (Å²) in [6, 6.07) is 6.06. The molecule has 7 heteroatoms. The molecular formula is C16H24IN3O3. The molecule has 1 aromatic rings. The zero-order chi connectivity index (χ0) is 15.4. The summed E-state index contributed by atoms with van der Waals surface area (Å²) in [5.41, 5.74) is 1.45. The SMILES string of the molecule is CN=C(NCCc1ccc2c(c1)OCO2)NCC1(C)COC1.I. The van der Waals surface area contributed by atoms with Crippen LogP contribution in [0, 0.1) is 5.41 Å². The minimum atomic E-state index is 0. The molecule has 1 saturated heterocycles. The van der Waals surface area contributed by atoms with Gasteiger partial charge in [0.15, 0.2) is 17.5 Å². The van der Waals surface area contributed by atoms with Crippen LogP contribution in [0.5, 0.6) is 11.5 Å². The second kappa shape index (κ2) is 8.05. The Kier molecular flexibility index (Phi) is 6.34. The van der Waals surface area contributed by atoms with E-state index in [0.29, 0.717) is 6.79 Å². The zero-order valence-electron chi connectivity index (χ0n) is 13.6. The maximum atomic E-state index is 5.39. The number of nitrogens with zero attached hydrogens (tertiary/aromatic N) is 1. The predicted octanol–water partition coefficient (Wildman–Crippen LogP) is 1.78. The van der Waals surface area contributed by atoms with E-state index in [1.807, 2.05) is 12.1 Å². The van der Waals surface area contributed by atoms with Gasteiger partial charge < -0.3 is 24.8 Å². The fourth-order valence-electron chi connectivity index (χ4n) is 2.49. The number of hydrogen-bond donors (Lipinski definition) is 2. The molecule has 0 amide bonds. The van der Waals surface area contributed by atoms with Gasteiger partial charge in [0, 0.05) is 25.6 Å². The molecule has 2 N–H and O–H groups in total. The highest BCUT2D eigenvalue weighted by atomic mass is 127. The van der Waals surface area contributed by atoms with Crippen LogP contribution in [0.15, 0.2) is 23.2 Å². The average Bonchev–Trinajstić information content (AvgIpc) is 2.96. The smallest absolute Gasteiger partial charge is 0.231 e. The molecular weight excluding hydrogens is 409 g/mol. The molecule has 0 unspecified atom stereocenters. The van der Waals surface area contributed by atoms with Gasteiger partial charge in [-0.2, -0.15) is 0 Å². The van der Waals surface area contributed by atoms with Gasteiger partial charge in [-0.05, 0) is 24.1 Å². The van der Waals surface area contributed by atoms with Crippen molar-refractivity contribution in [2.45, 2.75) is 13.3 Å². The summed E-state index contributed by atoms with van der Waals surface area (Å²) in [6.07, 6.45) is 0.901. The van der Waals surface area contributed by atoms with Crippen LogP contribution in [0.1, 0.15) is 12.5 Å². The normalized spacial score (nSPS) is 17.9. The number of fused-ring (bicyclic) bond motifs is 1. The standard InChI is InChI=1S/C16H23N3O3.HI/c1-16(9-20-10-16)8-19-15(17-2)18-6-5-12-3-4-13-14(7-12)22-11-21-13;/h3-4,7H,5-6,8-11H2,1-2H3,(H2,17,18,19);1H. The Labute approximate surface area is 154 Å². The summed E-state index contributed by atoms with van der Waals surface area (Å²) in [7, 11) is 1.79. The lowest BCUT2D eigenvalue weighted by Crippen LogP contribution is -2.51. The lowest BCUT2D eigenvalue weighted by atomic mass is 9.89. The molecule has 23 heavy (non-hydrogen) atoms. The van der Waals surface area contributed by atoms with Crippen LogP contribution < -0.4 is 20.1 Å². The van der Waals surface area contributed by atoms with Gasteiger partial charge in [0.1, 0.15) is 0 Å². The average molecular weight is 433 g/mol. The molecule has 0 aromatic heterocycles. The summed E-state index contributed by atoms with van der Waals surface area (Å²) >= 11 is 0. The maximum absolute atomic E-state index is 5.39. The second-order valence-corrected chi connectivity index (χ2v) is 6.09. The van der Waals surface area contributed by atoms with E-state index in [4.69, 9.17) is 14.2 Å². The lowest BCUT2D eigenvalue weighted by Gasteiger charge is -2.38. The van der Waals surface area contributed by atoms with Gasteiger partial charge >= 0.3 is 0 Å². The molecule has 2 heterocycles. The molecule has 0 aliphatic carbocycles. The highest BCUT2D eigenvalue weighted by Gasteiger charge is 2.33. The fourth-order valence-corrected chi connectivity index (χ4v) is 2.49. The highest BCUT2D eigenvalue weighted by molar-refractivity contribution is 14.0. The van der Waals surface area contributed by atoms with E-state index in [0.717, 1.165) is 50.2 Å². The highest BCUT2D eigenvalue weighted by Crippen LogP contribution is 2.32. The van der Waals surface area contributed by atoms with Crippen LogP contribution in [0.2, 0.25) is 0 Å². The van der Waals surface area contributed by atoms with E-state index >= 15 is 0 Å². The summed E-state index contributed by atoms with van der Waals surface area (Å²) < 4.78 is 16.0. The van der Waals surface area contributed by atoms with Crippen LogP contribution in [-0.2, 0) is 11.2 Å². The first-order valence-electron chi connectivity index (χ1n) is 7.59.